The van der Waals surface area contributed by atoms with E-state index >= 15 is 0 Å². The molecule has 11 nitrogen and oxygen atoms in total. The van der Waals surface area contributed by atoms with Crippen molar-refractivity contribution >= 4 is 29.4 Å². The molecule has 1 heterocycles. The number of nitrogens with one attached hydrogen (secondary N) is 3. The van der Waals surface area contributed by atoms with Crippen molar-refractivity contribution in [3.05, 3.63) is 41.5 Å². The van der Waals surface area contributed by atoms with Gasteiger partial charge in [0.25, 0.3) is 0 Å². The lowest BCUT2D eigenvalue weighted by atomic mass is 9.89. The Hall–Kier alpha value is -3.76. The van der Waals surface area contributed by atoms with Gasteiger partial charge < -0.3 is 25.2 Å². The normalized spacial score (nSPS) is 14.8. The molecule has 0 spiro atoms. The van der Waals surface area contributed by atoms with Crippen LogP contribution in [0.3, 0.4) is 0 Å². The van der Waals surface area contributed by atoms with E-state index in [1.807, 2.05) is 0 Å². The number of ether oxygens (including phenoxy) is 1. The van der Waals surface area contributed by atoms with Crippen molar-refractivity contribution in [2.75, 3.05) is 19.0 Å². The molecule has 0 bridgehead atoms. The maximum absolute atomic E-state index is 12.4. The zero-order valence-corrected chi connectivity index (χ0v) is 20.7. The molecule has 0 saturated heterocycles. The van der Waals surface area contributed by atoms with Crippen molar-refractivity contribution in [1.29, 1.82) is 0 Å². The Morgan fingerprint density at radius 3 is 2.36 bits per heavy atom. The van der Waals surface area contributed by atoms with Gasteiger partial charge in [0.15, 0.2) is 5.82 Å². The number of amides is 3. The summed E-state index contributed by atoms with van der Waals surface area (Å²) >= 11 is 0. The van der Waals surface area contributed by atoms with Crippen LogP contribution in [0.4, 0.5) is 5.69 Å². The molecular weight excluding hydrogens is 466 g/mol. The van der Waals surface area contributed by atoms with Gasteiger partial charge in [0, 0.05) is 25.5 Å². The van der Waals surface area contributed by atoms with Crippen molar-refractivity contribution in [3.8, 4) is 0 Å². The summed E-state index contributed by atoms with van der Waals surface area (Å²) in [6.07, 6.45) is 6.20. The van der Waals surface area contributed by atoms with Crippen molar-refractivity contribution in [3.63, 3.8) is 0 Å². The van der Waals surface area contributed by atoms with Gasteiger partial charge in [-0.15, -0.1) is 0 Å². The molecule has 1 saturated carbocycles. The van der Waals surface area contributed by atoms with Crippen LogP contribution in [0.25, 0.3) is 0 Å². The molecule has 1 fully saturated rings. The van der Waals surface area contributed by atoms with Crippen LogP contribution in [0, 0.1) is 0 Å². The van der Waals surface area contributed by atoms with Crippen molar-refractivity contribution in [2.45, 2.75) is 70.3 Å². The van der Waals surface area contributed by atoms with E-state index in [4.69, 9.17) is 4.52 Å². The average Bonchev–Trinajstić information content (AvgIpc) is 3.22. The molecule has 1 aromatic heterocycles. The number of methoxy groups -OCH3 is 1. The number of carbonyl (C=O) groups is 4. The molecule has 194 valence electrons. The summed E-state index contributed by atoms with van der Waals surface area (Å²) in [6, 6.07) is 6.86. The quantitative estimate of drug-likeness (QED) is 0.332. The number of carbonyl (C=O) groups excluding carboxylic acids is 4. The van der Waals surface area contributed by atoms with Crippen LogP contribution in [-0.2, 0) is 42.3 Å². The summed E-state index contributed by atoms with van der Waals surface area (Å²) in [5.41, 5.74) is 0.706. The van der Waals surface area contributed by atoms with Gasteiger partial charge in [0.2, 0.25) is 23.6 Å². The van der Waals surface area contributed by atoms with E-state index < -0.39 is 11.5 Å². The zero-order valence-electron chi connectivity index (χ0n) is 20.7. The minimum absolute atomic E-state index is 0.102. The predicted molar refractivity (Wildman–Crippen MR) is 130 cm³/mol. The molecule has 1 aromatic carbocycles. The number of rotatable bonds is 10. The van der Waals surface area contributed by atoms with Gasteiger partial charge in [-0.25, -0.2) is 0 Å². The SMILES string of the molecule is COC(=O)CNC(=O)Cc1ccc(NC(=O)CCc2nc(C3(NC(C)=O)CCCCCC3)no2)cc1. The van der Waals surface area contributed by atoms with E-state index in [2.05, 4.69) is 30.8 Å². The summed E-state index contributed by atoms with van der Waals surface area (Å²) in [7, 11) is 1.25. The molecule has 11 heteroatoms. The van der Waals surface area contributed by atoms with E-state index in [9.17, 15) is 19.2 Å². The van der Waals surface area contributed by atoms with E-state index in [0.29, 0.717) is 17.4 Å². The second kappa shape index (κ2) is 12.8. The van der Waals surface area contributed by atoms with Crippen LogP contribution in [0.2, 0.25) is 0 Å². The standard InChI is InChI=1S/C25H33N5O6/c1-17(31)29-25(13-5-3-4-6-14-25)24-28-22(36-30-24)12-11-20(32)27-19-9-7-18(8-10-19)15-21(33)26-16-23(34)35-2/h7-10H,3-6,11-16H2,1-2H3,(H,26,33)(H,27,32)(H,29,31). The monoisotopic (exact) mass is 499 g/mol. The van der Waals surface area contributed by atoms with Gasteiger partial charge in [0.05, 0.1) is 13.5 Å². The number of nitrogens with zero attached hydrogens (tertiary/aromatic N) is 2. The fourth-order valence-electron chi connectivity index (χ4n) is 4.27. The first-order valence-corrected chi connectivity index (χ1v) is 12.1. The number of hydrogen-bond acceptors (Lipinski definition) is 8. The summed E-state index contributed by atoms with van der Waals surface area (Å²) in [6.45, 7) is 1.31. The molecule has 1 aliphatic rings. The smallest absolute Gasteiger partial charge is 0.325 e. The summed E-state index contributed by atoms with van der Waals surface area (Å²) in [5.74, 6) is -0.349. The van der Waals surface area contributed by atoms with E-state index in [1.165, 1.54) is 14.0 Å². The molecule has 36 heavy (non-hydrogen) atoms. The van der Waals surface area contributed by atoms with Crippen LogP contribution in [-0.4, -0.2) is 47.5 Å². The molecule has 1 aliphatic carbocycles. The lowest BCUT2D eigenvalue weighted by Crippen LogP contribution is -2.45. The third-order valence-electron chi connectivity index (χ3n) is 6.09. The third-order valence-corrected chi connectivity index (χ3v) is 6.09. The van der Waals surface area contributed by atoms with Crippen LogP contribution in [0.1, 0.15) is 69.1 Å². The summed E-state index contributed by atoms with van der Waals surface area (Å²) in [4.78, 5) is 51.8. The average molecular weight is 500 g/mol. The Balaban J connectivity index is 1.50. The Morgan fingerprint density at radius 2 is 1.72 bits per heavy atom. The van der Waals surface area contributed by atoms with Crippen LogP contribution >= 0.6 is 0 Å². The first-order chi connectivity index (χ1) is 17.3. The fourth-order valence-corrected chi connectivity index (χ4v) is 4.27. The molecule has 2 aromatic rings. The zero-order chi connectivity index (χ0) is 26.0. The van der Waals surface area contributed by atoms with Gasteiger partial charge in [-0.2, -0.15) is 4.98 Å². The highest BCUT2D eigenvalue weighted by atomic mass is 16.5. The Bertz CT molecular complexity index is 1060. The number of aromatic nitrogens is 2. The predicted octanol–water partition coefficient (Wildman–Crippen LogP) is 2.16. The Kier molecular flexibility index (Phi) is 9.54. The van der Waals surface area contributed by atoms with Crippen molar-refractivity contribution in [2.24, 2.45) is 0 Å². The highest BCUT2D eigenvalue weighted by molar-refractivity contribution is 5.91. The molecule has 0 radical (unpaired) electrons. The first-order valence-electron chi connectivity index (χ1n) is 12.1. The van der Waals surface area contributed by atoms with Gasteiger partial charge in [0.1, 0.15) is 12.1 Å². The molecule has 0 unspecified atom stereocenters. The number of esters is 1. The third kappa shape index (κ3) is 7.89. The molecule has 0 atom stereocenters. The minimum Gasteiger partial charge on any atom is -0.468 e. The van der Waals surface area contributed by atoms with Crippen LogP contribution in [0.5, 0.6) is 0 Å². The first kappa shape index (κ1) is 26.8. The van der Waals surface area contributed by atoms with Crippen LogP contribution < -0.4 is 16.0 Å². The van der Waals surface area contributed by atoms with E-state index in [0.717, 1.165) is 44.1 Å². The summed E-state index contributed by atoms with van der Waals surface area (Å²) < 4.78 is 9.88. The van der Waals surface area contributed by atoms with E-state index in [-0.39, 0.29) is 43.5 Å². The molecular formula is C25H33N5O6. The second-order valence-electron chi connectivity index (χ2n) is 8.96. The fraction of sp³-hybridized carbons (Fsp3) is 0.520. The van der Waals surface area contributed by atoms with Crippen molar-refractivity contribution in [1.82, 2.24) is 20.8 Å². The molecule has 3 amide bonds. The molecule has 0 aliphatic heterocycles. The largest absolute Gasteiger partial charge is 0.468 e. The lowest BCUT2D eigenvalue weighted by Gasteiger charge is -2.30. The Morgan fingerprint density at radius 1 is 1.03 bits per heavy atom. The summed E-state index contributed by atoms with van der Waals surface area (Å²) in [5, 5.41) is 12.5. The lowest BCUT2D eigenvalue weighted by molar-refractivity contribution is -0.141. The van der Waals surface area contributed by atoms with Crippen LogP contribution in [0.15, 0.2) is 28.8 Å². The molecule has 3 N–H and O–H groups in total. The maximum Gasteiger partial charge on any atom is 0.325 e. The minimum atomic E-state index is -0.621. The number of anilines is 1. The second-order valence-corrected chi connectivity index (χ2v) is 8.96. The van der Waals surface area contributed by atoms with E-state index in [1.54, 1.807) is 24.3 Å². The number of benzene rings is 1. The number of hydrogen-bond donors (Lipinski definition) is 3. The Labute approximate surface area is 209 Å². The topological polar surface area (TPSA) is 153 Å². The van der Waals surface area contributed by atoms with Gasteiger partial charge >= 0.3 is 5.97 Å². The van der Waals surface area contributed by atoms with Crippen molar-refractivity contribution < 1.29 is 28.4 Å². The van der Waals surface area contributed by atoms with Gasteiger partial charge in [-0.1, -0.05) is 43.0 Å². The van der Waals surface area contributed by atoms with Gasteiger partial charge in [-0.05, 0) is 30.5 Å². The number of aryl methyl sites for hydroxylation is 1. The highest BCUT2D eigenvalue weighted by Crippen LogP contribution is 2.34. The van der Waals surface area contributed by atoms with Gasteiger partial charge in [-0.3, -0.25) is 19.2 Å². The molecule has 3 rings (SSSR count). The maximum atomic E-state index is 12.4. The highest BCUT2D eigenvalue weighted by Gasteiger charge is 2.38.